The normalized spacial score (nSPS) is 24.3. The maximum absolute atomic E-state index is 12.7. The molecule has 0 aromatic heterocycles. The number of hydrogen-bond donors (Lipinski definition) is 1. The molecule has 2 fully saturated rings. The van der Waals surface area contributed by atoms with Gasteiger partial charge in [-0.05, 0) is 17.5 Å². The number of urea groups is 1. The molecule has 1 aromatic rings. The van der Waals surface area contributed by atoms with Crippen molar-refractivity contribution < 1.29 is 9.59 Å². The summed E-state index contributed by atoms with van der Waals surface area (Å²) in [5, 5.41) is 3.25. The van der Waals surface area contributed by atoms with Gasteiger partial charge in [0.25, 0.3) is 0 Å². The van der Waals surface area contributed by atoms with Crippen LogP contribution in [0.2, 0.25) is 0 Å². The number of nitrogens with zero attached hydrogens (tertiary/aromatic N) is 3. The van der Waals surface area contributed by atoms with Gasteiger partial charge in [0.15, 0.2) is 0 Å². The van der Waals surface area contributed by atoms with Crippen LogP contribution in [-0.4, -0.2) is 72.5 Å². The van der Waals surface area contributed by atoms with Gasteiger partial charge in [0, 0.05) is 39.3 Å². The fraction of sp³-hybridized carbons (Fsp3) is 0.529. The van der Waals surface area contributed by atoms with Crippen molar-refractivity contribution in [2.45, 2.75) is 12.5 Å². The van der Waals surface area contributed by atoms with Crippen molar-refractivity contribution in [2.75, 3.05) is 45.8 Å². The first-order valence-electron chi connectivity index (χ1n) is 8.36. The second-order valence-corrected chi connectivity index (χ2v) is 6.45. The fourth-order valence-electron chi connectivity index (χ4n) is 3.88. The Morgan fingerprint density at radius 2 is 1.87 bits per heavy atom. The molecule has 1 atom stereocenters. The van der Waals surface area contributed by atoms with Crippen LogP contribution in [-0.2, 0) is 11.2 Å². The summed E-state index contributed by atoms with van der Waals surface area (Å²) in [5.41, 5.74) is 2.50. The minimum atomic E-state index is 0.00237. The molecule has 0 spiro atoms. The highest BCUT2D eigenvalue weighted by Crippen LogP contribution is 2.33. The SMILES string of the molecule is O=C(N1CCNCC1)N1CC(=O)N2CCc3ccccc3C2C1. The van der Waals surface area contributed by atoms with Gasteiger partial charge in [-0.15, -0.1) is 0 Å². The molecule has 3 amide bonds. The van der Waals surface area contributed by atoms with E-state index in [1.807, 2.05) is 21.9 Å². The van der Waals surface area contributed by atoms with Gasteiger partial charge in [0.2, 0.25) is 5.91 Å². The molecule has 1 N–H and O–H groups in total. The second kappa shape index (κ2) is 5.85. The average molecular weight is 314 g/mol. The molecule has 122 valence electrons. The predicted octanol–water partition coefficient (Wildman–Crippen LogP) is 0.453. The third kappa shape index (κ3) is 2.57. The number of carbonyl (C=O) groups excluding carboxylic acids is 2. The van der Waals surface area contributed by atoms with Gasteiger partial charge < -0.3 is 20.0 Å². The van der Waals surface area contributed by atoms with Crippen molar-refractivity contribution in [3.63, 3.8) is 0 Å². The van der Waals surface area contributed by atoms with Crippen molar-refractivity contribution in [1.82, 2.24) is 20.0 Å². The zero-order chi connectivity index (χ0) is 15.8. The lowest BCUT2D eigenvalue weighted by Gasteiger charge is -2.45. The van der Waals surface area contributed by atoms with Crippen molar-refractivity contribution in [3.05, 3.63) is 35.4 Å². The summed E-state index contributed by atoms with van der Waals surface area (Å²) >= 11 is 0. The molecule has 0 bridgehead atoms. The highest BCUT2D eigenvalue weighted by atomic mass is 16.2. The lowest BCUT2D eigenvalue weighted by Crippen LogP contribution is -2.59. The van der Waals surface area contributed by atoms with Gasteiger partial charge in [-0.1, -0.05) is 24.3 Å². The van der Waals surface area contributed by atoms with Crippen LogP contribution in [0.25, 0.3) is 0 Å². The fourth-order valence-corrected chi connectivity index (χ4v) is 3.88. The van der Waals surface area contributed by atoms with Gasteiger partial charge in [-0.25, -0.2) is 4.79 Å². The molecule has 6 nitrogen and oxygen atoms in total. The molecular weight excluding hydrogens is 292 g/mol. The van der Waals surface area contributed by atoms with E-state index in [9.17, 15) is 9.59 Å². The zero-order valence-corrected chi connectivity index (χ0v) is 13.2. The topological polar surface area (TPSA) is 55.9 Å². The predicted molar refractivity (Wildman–Crippen MR) is 86.0 cm³/mol. The molecule has 0 radical (unpaired) electrons. The van der Waals surface area contributed by atoms with Gasteiger partial charge in [-0.2, -0.15) is 0 Å². The van der Waals surface area contributed by atoms with Crippen molar-refractivity contribution in [2.24, 2.45) is 0 Å². The summed E-state index contributed by atoms with van der Waals surface area (Å²) < 4.78 is 0. The highest BCUT2D eigenvalue weighted by Gasteiger charge is 2.39. The Balaban J connectivity index is 1.57. The number of nitrogens with one attached hydrogen (secondary N) is 1. The van der Waals surface area contributed by atoms with E-state index in [1.54, 1.807) is 4.90 Å². The summed E-state index contributed by atoms with van der Waals surface area (Å²) in [6.45, 7) is 4.66. The molecule has 1 aromatic carbocycles. The Bertz CT molecular complexity index is 627. The molecule has 0 saturated carbocycles. The van der Waals surface area contributed by atoms with E-state index in [4.69, 9.17) is 0 Å². The van der Waals surface area contributed by atoms with Gasteiger partial charge in [0.1, 0.15) is 6.54 Å². The van der Waals surface area contributed by atoms with Gasteiger partial charge in [-0.3, -0.25) is 4.79 Å². The number of benzene rings is 1. The lowest BCUT2D eigenvalue weighted by atomic mass is 9.91. The summed E-state index contributed by atoms with van der Waals surface area (Å²) in [4.78, 5) is 30.8. The minimum Gasteiger partial charge on any atom is -0.332 e. The van der Waals surface area contributed by atoms with E-state index in [2.05, 4.69) is 17.4 Å². The summed E-state index contributed by atoms with van der Waals surface area (Å²) in [5.74, 6) is 0.0687. The maximum Gasteiger partial charge on any atom is 0.320 e. The van der Waals surface area contributed by atoms with Crippen LogP contribution in [0.1, 0.15) is 17.2 Å². The molecule has 2 saturated heterocycles. The van der Waals surface area contributed by atoms with Crippen LogP contribution in [0.15, 0.2) is 24.3 Å². The average Bonchev–Trinajstić information content (AvgIpc) is 2.61. The third-order valence-electron chi connectivity index (χ3n) is 5.11. The number of amides is 3. The van der Waals surface area contributed by atoms with Crippen molar-refractivity contribution in [3.8, 4) is 0 Å². The monoisotopic (exact) mass is 314 g/mol. The van der Waals surface area contributed by atoms with Crippen LogP contribution < -0.4 is 5.32 Å². The Labute approximate surface area is 136 Å². The smallest absolute Gasteiger partial charge is 0.320 e. The number of carbonyl (C=O) groups is 2. The molecule has 0 aliphatic carbocycles. The first-order valence-corrected chi connectivity index (χ1v) is 8.36. The van der Waals surface area contributed by atoms with Crippen molar-refractivity contribution in [1.29, 1.82) is 0 Å². The highest BCUT2D eigenvalue weighted by molar-refractivity contribution is 5.86. The molecule has 23 heavy (non-hydrogen) atoms. The van der Waals surface area contributed by atoms with Gasteiger partial charge >= 0.3 is 6.03 Å². The minimum absolute atomic E-state index is 0.00237. The van der Waals surface area contributed by atoms with E-state index >= 15 is 0 Å². The standard InChI is InChI=1S/C17H22N4O2/c22-16-12-20(17(23)19-9-6-18-7-10-19)11-15-14-4-2-1-3-13(14)5-8-21(15)16/h1-4,15,18H,5-12H2. The number of piperazine rings is 2. The first kappa shape index (κ1) is 14.5. The quantitative estimate of drug-likeness (QED) is 0.757. The maximum atomic E-state index is 12.7. The molecule has 3 aliphatic heterocycles. The molecular formula is C17H22N4O2. The molecule has 3 heterocycles. The molecule has 6 heteroatoms. The Morgan fingerprint density at radius 1 is 1.09 bits per heavy atom. The summed E-state index contributed by atoms with van der Waals surface area (Å²) in [6.07, 6.45) is 0.907. The Kier molecular flexibility index (Phi) is 3.69. The van der Waals surface area contributed by atoms with Crippen LogP contribution in [0.4, 0.5) is 4.79 Å². The van der Waals surface area contributed by atoms with E-state index < -0.39 is 0 Å². The lowest BCUT2D eigenvalue weighted by molar-refractivity contribution is -0.139. The Morgan fingerprint density at radius 3 is 2.70 bits per heavy atom. The Hall–Kier alpha value is -2.08. The van der Waals surface area contributed by atoms with E-state index in [-0.39, 0.29) is 24.5 Å². The van der Waals surface area contributed by atoms with E-state index in [1.165, 1.54) is 11.1 Å². The molecule has 3 aliphatic rings. The summed E-state index contributed by atoms with van der Waals surface area (Å²) in [7, 11) is 0. The second-order valence-electron chi connectivity index (χ2n) is 6.45. The third-order valence-corrected chi connectivity index (χ3v) is 5.11. The van der Waals surface area contributed by atoms with Crippen molar-refractivity contribution >= 4 is 11.9 Å². The number of rotatable bonds is 0. The number of fused-ring (bicyclic) bond motifs is 3. The van der Waals surface area contributed by atoms with E-state index in [0.29, 0.717) is 19.6 Å². The largest absolute Gasteiger partial charge is 0.332 e. The van der Waals surface area contributed by atoms with Crippen LogP contribution in [0.3, 0.4) is 0 Å². The molecule has 1 unspecified atom stereocenters. The van der Waals surface area contributed by atoms with Gasteiger partial charge in [0.05, 0.1) is 6.04 Å². The zero-order valence-electron chi connectivity index (χ0n) is 13.2. The van der Waals surface area contributed by atoms with Crippen LogP contribution in [0, 0.1) is 0 Å². The van der Waals surface area contributed by atoms with Crippen LogP contribution in [0.5, 0.6) is 0 Å². The van der Waals surface area contributed by atoms with Crippen LogP contribution >= 0.6 is 0 Å². The number of hydrogen-bond acceptors (Lipinski definition) is 3. The molecule has 4 rings (SSSR count). The summed E-state index contributed by atoms with van der Waals surface area (Å²) in [6, 6.07) is 8.30. The van der Waals surface area contributed by atoms with E-state index in [0.717, 1.165) is 26.1 Å². The first-order chi connectivity index (χ1) is 11.2.